The van der Waals surface area contributed by atoms with Crippen molar-refractivity contribution in [3.8, 4) is 0 Å². The number of alkyl halides is 1. The molecule has 0 spiro atoms. The molecule has 0 aliphatic carbocycles. The van der Waals surface area contributed by atoms with Gasteiger partial charge in [-0.05, 0) is 30.3 Å². The molecule has 0 aliphatic rings. The first-order valence-corrected chi connectivity index (χ1v) is 9.97. The zero-order chi connectivity index (χ0) is 16.4. The van der Waals surface area contributed by atoms with Crippen LogP contribution in [0.5, 0.6) is 0 Å². The van der Waals surface area contributed by atoms with Gasteiger partial charge in [0.15, 0.2) is 0 Å². The van der Waals surface area contributed by atoms with Crippen LogP contribution in [0, 0.1) is 0 Å². The van der Waals surface area contributed by atoms with Crippen LogP contribution in [0.4, 0.5) is 5.69 Å². The maximum absolute atomic E-state index is 12.4. The van der Waals surface area contributed by atoms with Crippen molar-refractivity contribution in [2.75, 3.05) is 9.93 Å². The van der Waals surface area contributed by atoms with Crippen LogP contribution in [-0.2, 0) is 19.9 Å². The molecule has 0 aliphatic heterocycles. The second kappa shape index (κ2) is 6.45. The molecule has 0 aromatic heterocycles. The lowest BCUT2D eigenvalue weighted by Crippen LogP contribution is -2.14. The molecule has 5 nitrogen and oxygen atoms in total. The highest BCUT2D eigenvalue weighted by Gasteiger charge is 2.19. The molecule has 22 heavy (non-hydrogen) atoms. The van der Waals surface area contributed by atoms with E-state index in [2.05, 4.69) is 4.72 Å². The number of sulfonamides is 1. The van der Waals surface area contributed by atoms with Crippen molar-refractivity contribution in [1.29, 1.82) is 0 Å². The van der Waals surface area contributed by atoms with Gasteiger partial charge < -0.3 is 0 Å². The Morgan fingerprint density at radius 2 is 1.55 bits per heavy atom. The van der Waals surface area contributed by atoms with Crippen molar-refractivity contribution in [3.05, 3.63) is 53.6 Å². The second-order valence-corrected chi connectivity index (χ2v) is 8.95. The summed E-state index contributed by atoms with van der Waals surface area (Å²) in [5.74, 6) is 0. The lowest BCUT2D eigenvalue weighted by Gasteiger charge is -2.10. The molecule has 0 bridgehead atoms. The van der Waals surface area contributed by atoms with E-state index in [1.807, 2.05) is 0 Å². The molecule has 0 saturated carbocycles. The van der Waals surface area contributed by atoms with Crippen LogP contribution in [0.25, 0.3) is 0 Å². The van der Waals surface area contributed by atoms with Gasteiger partial charge in [0.1, 0.15) is 5.21 Å². The maximum atomic E-state index is 12.4. The van der Waals surface area contributed by atoms with Gasteiger partial charge in [0.05, 0.1) is 20.5 Å². The van der Waals surface area contributed by atoms with Gasteiger partial charge in [0.2, 0.25) is 19.9 Å². The van der Waals surface area contributed by atoms with Crippen LogP contribution >= 0.6 is 23.2 Å². The fraction of sp³-hybridized carbons (Fsp3) is 0.0769. The molecule has 9 heteroatoms. The predicted octanol–water partition coefficient (Wildman–Crippen LogP) is 3.11. The summed E-state index contributed by atoms with van der Waals surface area (Å²) in [5, 5.41) is -0.668. The Bertz CT molecular complexity index is 882. The summed E-state index contributed by atoms with van der Waals surface area (Å²) < 4.78 is 49.8. The third-order valence-electron chi connectivity index (χ3n) is 2.71. The number of benzene rings is 2. The first-order valence-electron chi connectivity index (χ1n) is 5.92. The predicted molar refractivity (Wildman–Crippen MR) is 86.6 cm³/mol. The smallest absolute Gasteiger partial charge is 0.246 e. The Balaban J connectivity index is 2.42. The summed E-state index contributed by atoms with van der Waals surface area (Å²) in [4.78, 5) is 0.0951. The largest absolute Gasteiger partial charge is 0.281 e. The summed E-state index contributed by atoms with van der Waals surface area (Å²) in [6, 6.07) is 11.6. The first kappa shape index (κ1) is 17.1. The van der Waals surface area contributed by atoms with Crippen molar-refractivity contribution < 1.29 is 16.8 Å². The number of hydrogen-bond donors (Lipinski definition) is 1. The maximum Gasteiger partial charge on any atom is 0.246 e. The van der Waals surface area contributed by atoms with Gasteiger partial charge in [-0.1, -0.05) is 29.8 Å². The minimum absolute atomic E-state index is 0.0301. The van der Waals surface area contributed by atoms with Gasteiger partial charge in [-0.2, -0.15) is 0 Å². The van der Waals surface area contributed by atoms with Gasteiger partial charge in [0.25, 0.3) is 0 Å². The third kappa shape index (κ3) is 3.73. The molecule has 0 atom stereocenters. The van der Waals surface area contributed by atoms with E-state index < -0.39 is 25.1 Å². The van der Waals surface area contributed by atoms with E-state index in [4.69, 9.17) is 23.2 Å². The molecular weight excluding hydrogens is 369 g/mol. The Hall–Kier alpha value is -1.28. The molecule has 2 aromatic carbocycles. The average Bonchev–Trinajstić information content (AvgIpc) is 2.50. The van der Waals surface area contributed by atoms with Crippen molar-refractivity contribution >= 4 is 48.7 Å². The van der Waals surface area contributed by atoms with Crippen LogP contribution in [0.15, 0.2) is 58.3 Å². The van der Waals surface area contributed by atoms with Crippen molar-refractivity contribution in [3.63, 3.8) is 0 Å². The number of nitrogens with one attached hydrogen (secondary N) is 1. The van der Waals surface area contributed by atoms with E-state index in [0.29, 0.717) is 0 Å². The molecular formula is C13H11Cl2NO4S2. The van der Waals surface area contributed by atoms with Crippen molar-refractivity contribution in [1.82, 2.24) is 0 Å². The van der Waals surface area contributed by atoms with Crippen molar-refractivity contribution in [2.24, 2.45) is 0 Å². The Morgan fingerprint density at radius 1 is 0.909 bits per heavy atom. The summed E-state index contributed by atoms with van der Waals surface area (Å²) in [6.45, 7) is 0. The minimum Gasteiger partial charge on any atom is -0.281 e. The van der Waals surface area contributed by atoms with Gasteiger partial charge in [-0.25, -0.2) is 16.8 Å². The highest BCUT2D eigenvalue weighted by Crippen LogP contribution is 2.29. The van der Waals surface area contributed by atoms with Crippen LogP contribution in [0.1, 0.15) is 0 Å². The molecule has 0 heterocycles. The number of halogens is 2. The highest BCUT2D eigenvalue weighted by molar-refractivity contribution is 7.93. The zero-order valence-electron chi connectivity index (χ0n) is 11.0. The molecule has 0 radical (unpaired) electrons. The molecule has 1 N–H and O–H groups in total. The summed E-state index contributed by atoms with van der Waals surface area (Å²) in [7, 11) is -7.43. The van der Waals surface area contributed by atoms with Crippen LogP contribution in [0.2, 0.25) is 5.02 Å². The second-order valence-electron chi connectivity index (χ2n) is 4.28. The van der Waals surface area contributed by atoms with Crippen LogP contribution in [-0.4, -0.2) is 22.0 Å². The van der Waals surface area contributed by atoms with Gasteiger partial charge >= 0.3 is 0 Å². The Labute approximate surface area is 138 Å². The Morgan fingerprint density at radius 3 is 2.09 bits per heavy atom. The molecule has 0 amide bonds. The van der Waals surface area contributed by atoms with E-state index in [0.717, 1.165) is 0 Å². The van der Waals surface area contributed by atoms with E-state index in [1.54, 1.807) is 18.2 Å². The first-order chi connectivity index (χ1) is 10.3. The Kier molecular flexibility index (Phi) is 5.01. The van der Waals surface area contributed by atoms with E-state index >= 15 is 0 Å². The van der Waals surface area contributed by atoms with Crippen LogP contribution in [0.3, 0.4) is 0 Å². The summed E-state index contributed by atoms with van der Waals surface area (Å²) in [5.41, 5.74) is 0.0642. The van der Waals surface area contributed by atoms with Gasteiger partial charge in [-0.15, -0.1) is 11.6 Å². The molecule has 118 valence electrons. The number of rotatable bonds is 5. The molecule has 2 rings (SSSR count). The van der Waals surface area contributed by atoms with E-state index in [9.17, 15) is 16.8 Å². The summed E-state index contributed by atoms with van der Waals surface area (Å²) in [6.07, 6.45) is 0. The SMILES string of the molecule is O=S(=O)(CCl)Nc1ccc(S(=O)(=O)c2ccccc2)cc1Cl. The number of sulfone groups is 1. The van der Waals surface area contributed by atoms with E-state index in [1.165, 1.54) is 30.3 Å². The molecule has 0 saturated heterocycles. The fourth-order valence-corrected chi connectivity index (χ4v) is 4.06. The number of hydrogen-bond acceptors (Lipinski definition) is 4. The molecule has 2 aromatic rings. The summed E-state index contributed by atoms with van der Waals surface area (Å²) >= 11 is 11.2. The van der Waals surface area contributed by atoms with Gasteiger partial charge in [-0.3, -0.25) is 4.72 Å². The third-order valence-corrected chi connectivity index (χ3v) is 6.47. The highest BCUT2D eigenvalue weighted by atomic mass is 35.5. The zero-order valence-corrected chi connectivity index (χ0v) is 14.2. The van der Waals surface area contributed by atoms with Gasteiger partial charge in [0, 0.05) is 0 Å². The number of anilines is 1. The minimum atomic E-state index is -3.72. The van der Waals surface area contributed by atoms with E-state index in [-0.39, 0.29) is 20.5 Å². The normalized spacial score (nSPS) is 12.1. The average molecular weight is 380 g/mol. The standard InChI is InChI=1S/C13H11Cl2NO4S2/c14-9-21(17,18)16-13-7-6-11(8-12(13)15)22(19,20)10-4-2-1-3-5-10/h1-8,16H,9H2. The van der Waals surface area contributed by atoms with Crippen LogP contribution < -0.4 is 4.72 Å². The topological polar surface area (TPSA) is 80.3 Å². The lowest BCUT2D eigenvalue weighted by molar-refractivity contribution is 0.596. The van der Waals surface area contributed by atoms with Crippen molar-refractivity contribution in [2.45, 2.75) is 9.79 Å². The lowest BCUT2D eigenvalue weighted by atomic mass is 10.3. The molecule has 0 unspecified atom stereocenters. The molecule has 0 fully saturated rings. The fourth-order valence-electron chi connectivity index (χ4n) is 1.68. The monoisotopic (exact) mass is 379 g/mol. The quantitative estimate of drug-likeness (QED) is 0.809.